The van der Waals surface area contributed by atoms with E-state index in [0.717, 1.165) is 34.1 Å². The zero-order valence-electron chi connectivity index (χ0n) is 38.1. The Bertz CT molecular complexity index is 3650. The highest BCUT2D eigenvalue weighted by atomic mass is 32.1. The second-order valence-corrected chi connectivity index (χ2v) is 19.9. The fourth-order valence-corrected chi connectivity index (χ4v) is 12.1. The minimum absolute atomic E-state index is 1.12. The molecular weight excluding hydrogens is 885 g/mol. The lowest BCUT2D eigenvalue weighted by Crippen LogP contribution is -2.10. The van der Waals surface area contributed by atoms with Crippen LogP contribution < -0.4 is 9.80 Å². The fourth-order valence-electron chi connectivity index (χ4n) is 9.93. The molecule has 0 bridgehead atoms. The van der Waals surface area contributed by atoms with E-state index in [1.54, 1.807) is 0 Å². The predicted octanol–water partition coefficient (Wildman–Crippen LogP) is 20.0. The molecule has 0 N–H and O–H groups in total. The summed E-state index contributed by atoms with van der Waals surface area (Å²) in [5.74, 6) is 0. The van der Waals surface area contributed by atoms with Gasteiger partial charge < -0.3 is 9.80 Å². The van der Waals surface area contributed by atoms with Gasteiger partial charge in [-0.25, -0.2) is 0 Å². The number of fused-ring (bicyclic) bond motifs is 4. The molecule has 330 valence electrons. The van der Waals surface area contributed by atoms with E-state index >= 15 is 0 Å². The molecule has 0 amide bonds. The largest absolute Gasteiger partial charge is 0.310 e. The molecule has 0 aliphatic rings. The minimum Gasteiger partial charge on any atom is -0.310 e. The topological polar surface area (TPSA) is 6.48 Å². The molecule has 11 aromatic carbocycles. The summed E-state index contributed by atoms with van der Waals surface area (Å²) in [5, 5.41) is 7.43. The van der Waals surface area contributed by atoms with Crippen molar-refractivity contribution in [1.82, 2.24) is 0 Å². The number of benzene rings is 11. The number of hydrogen-bond donors (Lipinski definition) is 0. The Morgan fingerprint density at radius 3 is 0.929 bits per heavy atom. The van der Waals surface area contributed by atoms with Gasteiger partial charge in [-0.3, -0.25) is 0 Å². The van der Waals surface area contributed by atoms with Gasteiger partial charge in [0.2, 0.25) is 0 Å². The van der Waals surface area contributed by atoms with Gasteiger partial charge >= 0.3 is 0 Å². The van der Waals surface area contributed by atoms with Gasteiger partial charge in [-0.2, -0.15) is 0 Å². The predicted molar refractivity (Wildman–Crippen MR) is 303 cm³/mol. The van der Waals surface area contributed by atoms with Crippen molar-refractivity contribution >= 4 is 98.5 Å². The summed E-state index contributed by atoms with van der Waals surface area (Å²) >= 11 is 3.73. The molecule has 0 fully saturated rings. The summed E-state index contributed by atoms with van der Waals surface area (Å²) in [6.45, 7) is 0. The maximum atomic E-state index is 2.39. The Hall–Kier alpha value is -8.54. The van der Waals surface area contributed by atoms with Gasteiger partial charge in [-0.1, -0.05) is 182 Å². The van der Waals surface area contributed by atoms with Crippen LogP contribution in [0.15, 0.2) is 267 Å². The van der Waals surface area contributed by atoms with Gasteiger partial charge in [-0.15, -0.1) is 22.7 Å². The highest BCUT2D eigenvalue weighted by Gasteiger charge is 2.19. The number of hydrogen-bond acceptors (Lipinski definition) is 4. The first-order valence-corrected chi connectivity index (χ1v) is 25.4. The summed E-state index contributed by atoms with van der Waals surface area (Å²) in [7, 11) is 0. The van der Waals surface area contributed by atoms with Crippen LogP contribution in [-0.2, 0) is 0 Å². The minimum atomic E-state index is 1.12. The first-order chi connectivity index (χ1) is 34.7. The van der Waals surface area contributed by atoms with Crippen molar-refractivity contribution in [1.29, 1.82) is 0 Å². The van der Waals surface area contributed by atoms with Crippen LogP contribution in [0.3, 0.4) is 0 Å². The van der Waals surface area contributed by atoms with Crippen molar-refractivity contribution in [2.45, 2.75) is 0 Å². The lowest BCUT2D eigenvalue weighted by atomic mass is 10.0. The molecule has 0 saturated carbocycles. The van der Waals surface area contributed by atoms with E-state index < -0.39 is 0 Å². The molecule has 2 nitrogen and oxygen atoms in total. The van der Waals surface area contributed by atoms with Crippen LogP contribution in [0.5, 0.6) is 0 Å². The normalized spacial score (nSPS) is 11.4. The number of nitrogens with zero attached hydrogens (tertiary/aromatic N) is 2. The third-order valence-electron chi connectivity index (χ3n) is 13.5. The molecule has 13 aromatic rings. The van der Waals surface area contributed by atoms with Crippen LogP contribution in [0, 0.1) is 0 Å². The van der Waals surface area contributed by atoms with E-state index in [-0.39, 0.29) is 0 Å². The molecule has 0 unspecified atom stereocenters. The van der Waals surface area contributed by atoms with Gasteiger partial charge in [0, 0.05) is 52.7 Å². The van der Waals surface area contributed by atoms with Crippen molar-refractivity contribution in [3.05, 3.63) is 267 Å². The molecule has 4 heteroatoms. The Labute approximate surface area is 415 Å². The Morgan fingerprint density at radius 1 is 0.229 bits per heavy atom. The highest BCUT2D eigenvalue weighted by Crippen LogP contribution is 2.45. The van der Waals surface area contributed by atoms with Crippen molar-refractivity contribution < 1.29 is 0 Å². The smallest absolute Gasteiger partial charge is 0.0540 e. The first kappa shape index (κ1) is 41.6. The molecular formula is C66H44N2S2. The molecule has 0 atom stereocenters. The summed E-state index contributed by atoms with van der Waals surface area (Å²) in [6.07, 6.45) is 0. The lowest BCUT2D eigenvalue weighted by molar-refractivity contribution is 1.30. The summed E-state index contributed by atoms with van der Waals surface area (Å²) in [5.41, 5.74) is 14.1. The molecule has 70 heavy (non-hydrogen) atoms. The van der Waals surface area contributed by atoms with Crippen LogP contribution >= 0.6 is 22.7 Å². The van der Waals surface area contributed by atoms with E-state index in [1.807, 2.05) is 22.7 Å². The molecule has 13 rings (SSSR count). The highest BCUT2D eigenvalue weighted by molar-refractivity contribution is 7.23. The van der Waals surface area contributed by atoms with E-state index in [4.69, 9.17) is 0 Å². The number of anilines is 6. The summed E-state index contributed by atoms with van der Waals surface area (Å²) in [4.78, 5) is 7.31. The first-order valence-electron chi connectivity index (χ1n) is 23.7. The third kappa shape index (κ3) is 7.79. The van der Waals surface area contributed by atoms with E-state index in [1.165, 1.54) is 84.9 Å². The van der Waals surface area contributed by atoms with Gasteiger partial charge in [0.15, 0.2) is 0 Å². The zero-order valence-corrected chi connectivity index (χ0v) is 39.7. The maximum absolute atomic E-state index is 2.39. The van der Waals surface area contributed by atoms with Crippen LogP contribution in [0.25, 0.3) is 84.9 Å². The molecule has 2 heterocycles. The standard InChI is InChI=1S/C66H44N2S2/c1-3-13-45(14-4-1)47-25-33-55(34-26-47)67(61-23-11-19-49-17-7-9-21-59(49)61)57-37-29-51(30-38-57)63-41-53-43-66-54(44-65(53)69-63)42-64(70-66)52-31-39-58(40-32-52)68(62-24-12-20-50-18-8-10-22-60(50)62)56-35-27-48(28-36-56)46-15-5-2-6-16-46/h1-44H. The van der Waals surface area contributed by atoms with Crippen LogP contribution in [0.4, 0.5) is 34.1 Å². The number of thiophene rings is 2. The quantitative estimate of drug-likeness (QED) is 0.135. The SMILES string of the molecule is c1ccc(-c2ccc(N(c3ccc(-c4cc5cc6sc(-c7ccc(N(c8ccc(-c9ccccc9)cc8)c8cccc9ccccc89)cc7)cc6cc5s4)cc3)c3cccc4ccccc34)cc2)cc1. The Kier molecular flexibility index (Phi) is 10.6. The van der Waals surface area contributed by atoms with Crippen LogP contribution in [0.1, 0.15) is 0 Å². The van der Waals surface area contributed by atoms with Crippen LogP contribution in [0.2, 0.25) is 0 Å². The Balaban J connectivity index is 0.796. The van der Waals surface area contributed by atoms with E-state index in [2.05, 4.69) is 277 Å². The fraction of sp³-hybridized carbons (Fsp3) is 0. The maximum Gasteiger partial charge on any atom is 0.0540 e. The van der Waals surface area contributed by atoms with Crippen LogP contribution in [-0.4, -0.2) is 0 Å². The second-order valence-electron chi connectivity index (χ2n) is 17.7. The summed E-state index contributed by atoms with van der Waals surface area (Å²) in [6, 6.07) is 97.2. The monoisotopic (exact) mass is 928 g/mol. The lowest BCUT2D eigenvalue weighted by Gasteiger charge is -2.27. The van der Waals surface area contributed by atoms with Crippen molar-refractivity contribution in [3.63, 3.8) is 0 Å². The van der Waals surface area contributed by atoms with Crippen molar-refractivity contribution in [3.8, 4) is 43.1 Å². The second kappa shape index (κ2) is 17.8. The van der Waals surface area contributed by atoms with Crippen molar-refractivity contribution in [2.24, 2.45) is 0 Å². The average molecular weight is 929 g/mol. The van der Waals surface area contributed by atoms with Gasteiger partial charge in [0.25, 0.3) is 0 Å². The molecule has 0 spiro atoms. The molecule has 0 saturated heterocycles. The molecule has 0 aliphatic carbocycles. The zero-order chi connectivity index (χ0) is 46.4. The molecule has 0 radical (unpaired) electrons. The van der Waals surface area contributed by atoms with Gasteiger partial charge in [0.05, 0.1) is 11.4 Å². The van der Waals surface area contributed by atoms with Gasteiger partial charge in [0.1, 0.15) is 0 Å². The molecule has 2 aromatic heterocycles. The average Bonchev–Trinajstić information content (AvgIpc) is 4.05. The Morgan fingerprint density at radius 2 is 0.543 bits per heavy atom. The summed E-state index contributed by atoms with van der Waals surface area (Å²) < 4.78 is 2.59. The van der Waals surface area contributed by atoms with E-state index in [0.29, 0.717) is 0 Å². The third-order valence-corrected chi connectivity index (χ3v) is 15.7. The number of rotatable bonds is 10. The molecule has 0 aliphatic heterocycles. The van der Waals surface area contributed by atoms with Gasteiger partial charge in [-0.05, 0) is 140 Å². The van der Waals surface area contributed by atoms with E-state index in [9.17, 15) is 0 Å². The van der Waals surface area contributed by atoms with Crippen molar-refractivity contribution in [2.75, 3.05) is 9.80 Å².